The summed E-state index contributed by atoms with van der Waals surface area (Å²) >= 11 is 0. The van der Waals surface area contributed by atoms with Crippen molar-refractivity contribution in [1.29, 1.82) is 0 Å². The zero-order valence-corrected chi connectivity index (χ0v) is 34.2. The summed E-state index contributed by atoms with van der Waals surface area (Å²) in [6.45, 7) is 18.9. The topological polar surface area (TPSA) is 27.7 Å². The van der Waals surface area contributed by atoms with Gasteiger partial charge in [-0.1, -0.05) is 117 Å². The second-order valence-corrected chi connectivity index (χ2v) is 18.5. The first-order chi connectivity index (χ1) is 24.3. The molecule has 0 aromatic heterocycles. The van der Waals surface area contributed by atoms with Gasteiger partial charge >= 0.3 is 0 Å². The van der Waals surface area contributed by atoms with Crippen LogP contribution in [0.5, 0.6) is 0 Å². The average molecular weight is 697 g/mol. The van der Waals surface area contributed by atoms with E-state index in [4.69, 9.17) is 14.2 Å². The molecule has 0 amide bonds. The predicted octanol–water partition coefficient (Wildman–Crippen LogP) is 13.6. The third-order valence-corrected chi connectivity index (χ3v) is 14.0. The summed E-state index contributed by atoms with van der Waals surface area (Å²) in [5.74, 6) is 7.21. The number of fused-ring (bicyclic) bond motifs is 5. The monoisotopic (exact) mass is 697 g/mol. The predicted molar refractivity (Wildman–Crippen MR) is 215 cm³/mol. The maximum atomic E-state index is 6.54. The van der Waals surface area contributed by atoms with E-state index in [1.807, 2.05) is 0 Å². The fraction of sp³-hybridized carbons (Fsp3) is 0.915. The van der Waals surface area contributed by atoms with Crippen molar-refractivity contribution in [1.82, 2.24) is 0 Å². The van der Waals surface area contributed by atoms with Crippen molar-refractivity contribution in [3.63, 3.8) is 0 Å². The van der Waals surface area contributed by atoms with Gasteiger partial charge in [0.1, 0.15) is 0 Å². The molecular weight excluding hydrogens is 613 g/mol. The minimum atomic E-state index is 0.451. The smallest absolute Gasteiger partial charge is 0.0612 e. The number of hydrogen-bond donors (Lipinski definition) is 0. The van der Waals surface area contributed by atoms with E-state index in [-0.39, 0.29) is 0 Å². The summed E-state index contributed by atoms with van der Waals surface area (Å²) in [4.78, 5) is 0. The van der Waals surface area contributed by atoms with Crippen LogP contribution in [0.2, 0.25) is 0 Å². The fourth-order valence-electron chi connectivity index (χ4n) is 11.0. The van der Waals surface area contributed by atoms with E-state index < -0.39 is 0 Å². The van der Waals surface area contributed by atoms with Crippen molar-refractivity contribution in [2.24, 2.45) is 52.8 Å². The van der Waals surface area contributed by atoms with E-state index in [2.05, 4.69) is 59.8 Å². The molecule has 3 saturated carbocycles. The van der Waals surface area contributed by atoms with Gasteiger partial charge in [-0.3, -0.25) is 0 Å². The Balaban J connectivity index is 1.00. The first kappa shape index (κ1) is 42.1. The molecule has 3 nitrogen and oxygen atoms in total. The molecule has 0 bridgehead atoms. The van der Waals surface area contributed by atoms with E-state index in [0.29, 0.717) is 17.4 Å². The standard InChI is InChI=1S/C47H84O3/c1-7-8-9-10-11-12-14-17-31-48-35-38(4)36-49-32-18-15-13-16-19-33-50-41-29-30-47(6)40(34-41)23-24-45-44-26-25-42(43(44)27-28-46(45)47)39(5)22-20-21-37(2)3/h11-12,23,37-39,41-46H,7-10,13-22,24-36H2,1-6H3/b12-11-/t38-,39-,41+,42-,43-,44?,45+,46?,47+/m1/s1. The first-order valence-electron chi connectivity index (χ1n) is 22.4. The maximum Gasteiger partial charge on any atom is 0.0612 e. The molecule has 4 rings (SSSR count). The van der Waals surface area contributed by atoms with Crippen LogP contribution in [-0.4, -0.2) is 39.1 Å². The lowest BCUT2D eigenvalue weighted by Crippen LogP contribution is -2.48. The maximum absolute atomic E-state index is 6.54. The molecule has 0 spiro atoms. The Kier molecular flexibility index (Phi) is 19.5. The molecule has 0 aliphatic heterocycles. The highest BCUT2D eigenvalue weighted by molar-refractivity contribution is 5.24. The van der Waals surface area contributed by atoms with Gasteiger partial charge in [0, 0.05) is 25.7 Å². The summed E-state index contributed by atoms with van der Waals surface area (Å²) in [5.41, 5.74) is 2.23. The molecule has 290 valence electrons. The van der Waals surface area contributed by atoms with Crippen molar-refractivity contribution in [3.8, 4) is 0 Å². The van der Waals surface area contributed by atoms with Gasteiger partial charge < -0.3 is 14.2 Å². The van der Waals surface area contributed by atoms with Gasteiger partial charge in [-0.2, -0.15) is 0 Å². The van der Waals surface area contributed by atoms with Crippen LogP contribution in [0.15, 0.2) is 23.8 Å². The molecule has 0 N–H and O–H groups in total. The van der Waals surface area contributed by atoms with Gasteiger partial charge in [-0.15, -0.1) is 0 Å². The average Bonchev–Trinajstić information content (AvgIpc) is 3.54. The molecule has 3 fully saturated rings. The van der Waals surface area contributed by atoms with Crippen molar-refractivity contribution >= 4 is 0 Å². The van der Waals surface area contributed by atoms with Crippen molar-refractivity contribution in [3.05, 3.63) is 23.8 Å². The zero-order chi connectivity index (χ0) is 35.6. The van der Waals surface area contributed by atoms with Crippen LogP contribution in [0.1, 0.15) is 183 Å². The summed E-state index contributed by atoms with van der Waals surface area (Å²) in [7, 11) is 0. The quantitative estimate of drug-likeness (QED) is 0.0665. The van der Waals surface area contributed by atoms with Crippen LogP contribution >= 0.6 is 0 Å². The molecule has 50 heavy (non-hydrogen) atoms. The van der Waals surface area contributed by atoms with E-state index >= 15 is 0 Å². The highest BCUT2D eigenvalue weighted by Gasteiger charge is 2.54. The number of ether oxygens (including phenoxy) is 3. The second kappa shape index (κ2) is 23.2. The number of allylic oxidation sites excluding steroid dienone is 3. The Hall–Kier alpha value is -0.640. The summed E-state index contributed by atoms with van der Waals surface area (Å²) in [6, 6.07) is 0. The Morgan fingerprint density at radius 3 is 2.18 bits per heavy atom. The van der Waals surface area contributed by atoms with Gasteiger partial charge in [0.15, 0.2) is 0 Å². The lowest BCUT2D eigenvalue weighted by molar-refractivity contribution is -0.0330. The lowest BCUT2D eigenvalue weighted by Gasteiger charge is -2.55. The van der Waals surface area contributed by atoms with Gasteiger partial charge in [0.25, 0.3) is 0 Å². The van der Waals surface area contributed by atoms with Crippen molar-refractivity contribution < 1.29 is 14.2 Å². The molecule has 0 heterocycles. The molecule has 2 unspecified atom stereocenters. The molecule has 3 heteroatoms. The van der Waals surface area contributed by atoms with Crippen LogP contribution in [0.25, 0.3) is 0 Å². The summed E-state index contributed by atoms with van der Waals surface area (Å²) < 4.78 is 18.4. The van der Waals surface area contributed by atoms with E-state index in [9.17, 15) is 0 Å². The SMILES string of the molecule is CCCCC/C=C\CCCOC[C@@H](C)COCCCCCCCO[C@H]1CC[C@@]2(C)C(=CC[C@H]3C4CC[C@H]([C@H](C)CCCC(C)C)[C@H]4CCC32)C1. The minimum absolute atomic E-state index is 0.451. The van der Waals surface area contributed by atoms with Gasteiger partial charge in [0.05, 0.1) is 19.3 Å². The summed E-state index contributed by atoms with van der Waals surface area (Å²) in [5, 5.41) is 0. The van der Waals surface area contributed by atoms with E-state index in [1.165, 1.54) is 128 Å². The number of rotatable bonds is 26. The summed E-state index contributed by atoms with van der Waals surface area (Å²) in [6.07, 6.45) is 37.2. The highest BCUT2D eigenvalue weighted by atomic mass is 16.5. The molecule has 0 saturated heterocycles. The Bertz CT molecular complexity index is 954. The molecular formula is C47H84O3. The molecule has 0 aromatic carbocycles. The minimum Gasteiger partial charge on any atom is -0.381 e. The van der Waals surface area contributed by atoms with E-state index in [1.54, 1.807) is 5.57 Å². The molecule has 9 atom stereocenters. The van der Waals surface area contributed by atoms with Gasteiger partial charge in [-0.25, -0.2) is 0 Å². The second-order valence-electron chi connectivity index (χ2n) is 18.5. The first-order valence-corrected chi connectivity index (χ1v) is 22.4. The largest absolute Gasteiger partial charge is 0.381 e. The molecule has 0 aromatic rings. The van der Waals surface area contributed by atoms with Gasteiger partial charge in [-0.05, 0) is 137 Å². The third-order valence-electron chi connectivity index (χ3n) is 14.0. The van der Waals surface area contributed by atoms with Crippen LogP contribution in [0.3, 0.4) is 0 Å². The van der Waals surface area contributed by atoms with Crippen LogP contribution in [0, 0.1) is 52.8 Å². The van der Waals surface area contributed by atoms with E-state index in [0.717, 1.165) is 87.3 Å². The van der Waals surface area contributed by atoms with Crippen molar-refractivity contribution in [2.75, 3.05) is 33.0 Å². The number of unbranched alkanes of at least 4 members (excludes halogenated alkanes) is 8. The lowest BCUT2D eigenvalue weighted by atomic mass is 9.50. The van der Waals surface area contributed by atoms with Crippen LogP contribution in [-0.2, 0) is 14.2 Å². The van der Waals surface area contributed by atoms with Crippen molar-refractivity contribution in [2.45, 2.75) is 189 Å². The Morgan fingerprint density at radius 2 is 1.42 bits per heavy atom. The third kappa shape index (κ3) is 13.3. The number of hydrogen-bond acceptors (Lipinski definition) is 3. The Labute approximate surface area is 311 Å². The highest BCUT2D eigenvalue weighted by Crippen LogP contribution is 2.63. The Morgan fingerprint density at radius 1 is 0.720 bits per heavy atom. The van der Waals surface area contributed by atoms with Crippen LogP contribution < -0.4 is 0 Å². The fourth-order valence-corrected chi connectivity index (χ4v) is 11.0. The normalized spacial score (nSPS) is 30.7. The van der Waals surface area contributed by atoms with Crippen LogP contribution in [0.4, 0.5) is 0 Å². The molecule has 4 aliphatic rings. The zero-order valence-electron chi connectivity index (χ0n) is 34.2. The molecule has 0 radical (unpaired) electrons. The van der Waals surface area contributed by atoms with Gasteiger partial charge in [0.2, 0.25) is 0 Å². The molecule has 4 aliphatic carbocycles.